The number of rotatable bonds is 6. The fourth-order valence-corrected chi connectivity index (χ4v) is 3.11. The van der Waals surface area contributed by atoms with Crippen molar-refractivity contribution in [2.24, 2.45) is 5.92 Å². The minimum Gasteiger partial charge on any atom is -0.339 e. The van der Waals surface area contributed by atoms with Crippen LogP contribution in [0.15, 0.2) is 48.6 Å². The molecule has 0 aliphatic carbocycles. The number of nitrogens with zero attached hydrogens (tertiary/aromatic N) is 2. The molecule has 1 aromatic rings. The van der Waals surface area contributed by atoms with E-state index in [1.807, 2.05) is 60.1 Å². The molecule has 0 spiro atoms. The lowest BCUT2D eigenvalue weighted by Gasteiger charge is -2.33. The van der Waals surface area contributed by atoms with Gasteiger partial charge in [0, 0.05) is 38.2 Å². The van der Waals surface area contributed by atoms with E-state index in [4.69, 9.17) is 0 Å². The zero-order valence-electron chi connectivity index (χ0n) is 15.3. The van der Waals surface area contributed by atoms with Crippen molar-refractivity contribution in [2.75, 3.05) is 26.2 Å². The molecule has 1 fully saturated rings. The predicted octanol–water partition coefficient (Wildman–Crippen LogP) is 3.36. The summed E-state index contributed by atoms with van der Waals surface area (Å²) in [6.07, 6.45) is 4.93. The smallest absolute Gasteiger partial charge is 0.246 e. The van der Waals surface area contributed by atoms with Gasteiger partial charge in [0.25, 0.3) is 0 Å². The van der Waals surface area contributed by atoms with Gasteiger partial charge in [-0.25, -0.2) is 0 Å². The molecule has 0 N–H and O–H groups in total. The predicted molar refractivity (Wildman–Crippen MR) is 102 cm³/mol. The van der Waals surface area contributed by atoms with E-state index >= 15 is 0 Å². The molecule has 0 unspecified atom stereocenters. The van der Waals surface area contributed by atoms with E-state index in [0.29, 0.717) is 26.2 Å². The second-order valence-corrected chi connectivity index (χ2v) is 6.65. The minimum absolute atomic E-state index is 0.0152. The van der Waals surface area contributed by atoms with Gasteiger partial charge in [-0.15, -0.1) is 0 Å². The average molecular weight is 340 g/mol. The van der Waals surface area contributed by atoms with Crippen molar-refractivity contribution in [3.63, 3.8) is 0 Å². The summed E-state index contributed by atoms with van der Waals surface area (Å²) in [5.41, 5.74) is 2.01. The average Bonchev–Trinajstić information content (AvgIpc) is 2.64. The lowest BCUT2D eigenvalue weighted by molar-refractivity contribution is -0.138. The molecule has 0 bridgehead atoms. The van der Waals surface area contributed by atoms with E-state index in [1.165, 1.54) is 0 Å². The molecule has 1 aliphatic rings. The molecule has 2 amide bonds. The summed E-state index contributed by atoms with van der Waals surface area (Å²) >= 11 is 0. The molecule has 1 saturated heterocycles. The summed E-state index contributed by atoms with van der Waals surface area (Å²) in [4.78, 5) is 28.6. The number of carbonyl (C=O) groups is 2. The van der Waals surface area contributed by atoms with Gasteiger partial charge in [0.1, 0.15) is 0 Å². The van der Waals surface area contributed by atoms with Crippen LogP contribution >= 0.6 is 0 Å². The Morgan fingerprint density at radius 2 is 1.88 bits per heavy atom. The first kappa shape index (κ1) is 19.0. The van der Waals surface area contributed by atoms with Crippen molar-refractivity contribution < 1.29 is 9.59 Å². The van der Waals surface area contributed by atoms with Crippen LogP contribution in [0.2, 0.25) is 0 Å². The Hall–Kier alpha value is -2.36. The number of likely N-dealkylation sites (tertiary alicyclic amines) is 1. The molecule has 0 atom stereocenters. The van der Waals surface area contributed by atoms with Gasteiger partial charge in [0.2, 0.25) is 11.8 Å². The van der Waals surface area contributed by atoms with Crippen molar-refractivity contribution in [3.8, 4) is 0 Å². The van der Waals surface area contributed by atoms with Crippen LogP contribution in [0.1, 0.15) is 32.3 Å². The summed E-state index contributed by atoms with van der Waals surface area (Å²) in [6, 6.07) is 9.79. The molecule has 1 aliphatic heterocycles. The Balaban J connectivity index is 1.86. The van der Waals surface area contributed by atoms with Crippen LogP contribution in [0.3, 0.4) is 0 Å². The molecule has 1 aromatic carbocycles. The highest BCUT2D eigenvalue weighted by Gasteiger charge is 2.29. The van der Waals surface area contributed by atoms with E-state index in [-0.39, 0.29) is 17.7 Å². The maximum atomic E-state index is 12.6. The highest BCUT2D eigenvalue weighted by Crippen LogP contribution is 2.20. The van der Waals surface area contributed by atoms with Gasteiger partial charge in [-0.05, 0) is 38.3 Å². The maximum Gasteiger partial charge on any atom is 0.246 e. The standard InChI is InChI=1S/C21H28N2O2/c1-4-22(16-17(2)3)21(25)19-12-14-23(15-13-19)20(24)11-10-18-8-6-5-7-9-18/h5-11,19H,2,4,12-16H2,1,3H3/b11-10+. The van der Waals surface area contributed by atoms with Crippen LogP contribution < -0.4 is 0 Å². The normalized spacial score (nSPS) is 15.4. The van der Waals surface area contributed by atoms with E-state index in [2.05, 4.69) is 6.58 Å². The Kier molecular flexibility index (Phi) is 6.99. The van der Waals surface area contributed by atoms with Crippen molar-refractivity contribution in [1.29, 1.82) is 0 Å². The second-order valence-electron chi connectivity index (χ2n) is 6.65. The summed E-state index contributed by atoms with van der Waals surface area (Å²) < 4.78 is 0. The molecule has 0 saturated carbocycles. The number of hydrogen-bond acceptors (Lipinski definition) is 2. The van der Waals surface area contributed by atoms with E-state index < -0.39 is 0 Å². The first-order valence-electron chi connectivity index (χ1n) is 8.96. The van der Waals surface area contributed by atoms with Crippen molar-refractivity contribution in [2.45, 2.75) is 26.7 Å². The summed E-state index contributed by atoms with van der Waals surface area (Å²) in [7, 11) is 0. The van der Waals surface area contributed by atoms with Crippen LogP contribution in [0.4, 0.5) is 0 Å². The Labute approximate surface area is 150 Å². The third kappa shape index (κ3) is 5.59. The first-order chi connectivity index (χ1) is 12.0. The van der Waals surface area contributed by atoms with Gasteiger partial charge in [-0.2, -0.15) is 0 Å². The zero-order chi connectivity index (χ0) is 18.2. The number of hydrogen-bond donors (Lipinski definition) is 0. The topological polar surface area (TPSA) is 40.6 Å². The van der Waals surface area contributed by atoms with Crippen LogP contribution in [0.25, 0.3) is 6.08 Å². The SMILES string of the molecule is C=C(C)CN(CC)C(=O)C1CCN(C(=O)/C=C/c2ccccc2)CC1. The minimum atomic E-state index is 0.0152. The summed E-state index contributed by atoms with van der Waals surface area (Å²) in [6.45, 7) is 10.4. The van der Waals surface area contributed by atoms with E-state index in [1.54, 1.807) is 6.08 Å². The number of piperidine rings is 1. The molecule has 4 heteroatoms. The van der Waals surface area contributed by atoms with Crippen LogP contribution in [0, 0.1) is 5.92 Å². The number of carbonyl (C=O) groups excluding carboxylic acids is 2. The third-order valence-electron chi connectivity index (χ3n) is 4.53. The van der Waals surface area contributed by atoms with Gasteiger partial charge in [0.15, 0.2) is 0 Å². The third-order valence-corrected chi connectivity index (χ3v) is 4.53. The molecule has 0 radical (unpaired) electrons. The monoisotopic (exact) mass is 340 g/mol. The zero-order valence-corrected chi connectivity index (χ0v) is 15.3. The first-order valence-corrected chi connectivity index (χ1v) is 8.96. The fraction of sp³-hybridized carbons (Fsp3) is 0.429. The number of amides is 2. The molecular formula is C21H28N2O2. The molecule has 4 nitrogen and oxygen atoms in total. The molecule has 134 valence electrons. The maximum absolute atomic E-state index is 12.6. The highest BCUT2D eigenvalue weighted by molar-refractivity contribution is 5.92. The second kappa shape index (κ2) is 9.21. The van der Waals surface area contributed by atoms with E-state index in [9.17, 15) is 9.59 Å². The van der Waals surface area contributed by atoms with Gasteiger partial charge in [-0.3, -0.25) is 9.59 Å². The molecular weight excluding hydrogens is 312 g/mol. The van der Waals surface area contributed by atoms with Crippen LogP contribution in [-0.4, -0.2) is 47.8 Å². The largest absolute Gasteiger partial charge is 0.339 e. The van der Waals surface area contributed by atoms with Gasteiger partial charge < -0.3 is 9.80 Å². The fourth-order valence-electron chi connectivity index (χ4n) is 3.11. The lowest BCUT2D eigenvalue weighted by Crippen LogP contribution is -2.44. The molecule has 1 heterocycles. The van der Waals surface area contributed by atoms with E-state index in [0.717, 1.165) is 24.0 Å². The quantitative estimate of drug-likeness (QED) is 0.588. The van der Waals surface area contributed by atoms with Crippen molar-refractivity contribution in [3.05, 3.63) is 54.1 Å². The van der Waals surface area contributed by atoms with Gasteiger partial charge >= 0.3 is 0 Å². The van der Waals surface area contributed by atoms with Crippen LogP contribution in [0.5, 0.6) is 0 Å². The Morgan fingerprint density at radius 1 is 1.24 bits per heavy atom. The van der Waals surface area contributed by atoms with Crippen molar-refractivity contribution >= 4 is 17.9 Å². The molecule has 0 aromatic heterocycles. The Bertz CT molecular complexity index is 629. The molecule has 2 rings (SSSR count). The Morgan fingerprint density at radius 3 is 2.44 bits per heavy atom. The summed E-state index contributed by atoms with van der Waals surface area (Å²) in [5.74, 6) is 0.225. The number of benzene rings is 1. The lowest BCUT2D eigenvalue weighted by atomic mass is 9.95. The summed E-state index contributed by atoms with van der Waals surface area (Å²) in [5, 5.41) is 0. The van der Waals surface area contributed by atoms with Crippen LogP contribution in [-0.2, 0) is 9.59 Å². The van der Waals surface area contributed by atoms with Gasteiger partial charge in [0.05, 0.1) is 0 Å². The number of likely N-dealkylation sites (N-methyl/N-ethyl adjacent to an activating group) is 1. The molecule has 25 heavy (non-hydrogen) atoms. The highest BCUT2D eigenvalue weighted by atomic mass is 16.2. The van der Waals surface area contributed by atoms with Crippen molar-refractivity contribution in [1.82, 2.24) is 9.80 Å². The van der Waals surface area contributed by atoms with Gasteiger partial charge in [-0.1, -0.05) is 42.5 Å².